The van der Waals surface area contributed by atoms with Crippen LogP contribution in [0.5, 0.6) is 5.75 Å². The Morgan fingerprint density at radius 2 is 1.83 bits per heavy atom. The van der Waals surface area contributed by atoms with E-state index in [0.717, 1.165) is 38.5 Å². The van der Waals surface area contributed by atoms with Crippen LogP contribution in [0.15, 0.2) is 24.3 Å². The van der Waals surface area contributed by atoms with E-state index in [1.807, 2.05) is 18.2 Å². The smallest absolute Gasteiger partial charge is 0.123 e. The van der Waals surface area contributed by atoms with Gasteiger partial charge in [-0.2, -0.15) is 5.26 Å². The van der Waals surface area contributed by atoms with E-state index >= 15 is 0 Å². The van der Waals surface area contributed by atoms with Crippen molar-refractivity contribution in [2.75, 3.05) is 39.8 Å². The van der Waals surface area contributed by atoms with Gasteiger partial charge in [-0.15, -0.1) is 0 Å². The molecule has 4 heteroatoms. The van der Waals surface area contributed by atoms with E-state index in [1.54, 1.807) is 7.11 Å². The average Bonchev–Trinajstić information content (AvgIpc) is 2.42. The molecule has 1 aliphatic heterocycles. The Bertz CT molecular complexity index is 419. The molecule has 0 aromatic heterocycles. The van der Waals surface area contributed by atoms with Crippen molar-refractivity contribution in [2.24, 2.45) is 0 Å². The first-order valence-corrected chi connectivity index (χ1v) is 6.27. The third kappa shape index (κ3) is 3.22. The lowest BCUT2D eigenvalue weighted by atomic mass is 10.1. The fraction of sp³-hybridized carbons (Fsp3) is 0.500. The first-order chi connectivity index (χ1) is 8.83. The number of hydrogen-bond acceptors (Lipinski definition) is 4. The first kappa shape index (κ1) is 12.9. The summed E-state index contributed by atoms with van der Waals surface area (Å²) in [6.45, 7) is 5.44. The van der Waals surface area contributed by atoms with Gasteiger partial charge in [-0.05, 0) is 6.07 Å². The van der Waals surface area contributed by atoms with Crippen LogP contribution in [0.25, 0.3) is 0 Å². The molecule has 1 aliphatic rings. The van der Waals surface area contributed by atoms with Crippen LogP contribution >= 0.6 is 0 Å². The molecule has 0 radical (unpaired) electrons. The zero-order valence-corrected chi connectivity index (χ0v) is 10.8. The molecule has 0 aliphatic carbocycles. The average molecular weight is 245 g/mol. The molecule has 4 nitrogen and oxygen atoms in total. The summed E-state index contributed by atoms with van der Waals surface area (Å²) >= 11 is 0. The van der Waals surface area contributed by atoms with Gasteiger partial charge in [0.25, 0.3) is 0 Å². The predicted molar refractivity (Wildman–Crippen MR) is 70.3 cm³/mol. The molecule has 0 bridgehead atoms. The highest BCUT2D eigenvalue weighted by atomic mass is 16.5. The largest absolute Gasteiger partial charge is 0.496 e. The molecule has 18 heavy (non-hydrogen) atoms. The minimum absolute atomic E-state index is 0.544. The lowest BCUT2D eigenvalue weighted by Crippen LogP contribution is -2.45. The van der Waals surface area contributed by atoms with Gasteiger partial charge in [-0.3, -0.25) is 9.80 Å². The summed E-state index contributed by atoms with van der Waals surface area (Å²) in [4.78, 5) is 4.60. The summed E-state index contributed by atoms with van der Waals surface area (Å²) in [6.07, 6.45) is 0. The fourth-order valence-electron chi connectivity index (χ4n) is 2.28. The summed E-state index contributed by atoms with van der Waals surface area (Å²) in [7, 11) is 1.71. The van der Waals surface area contributed by atoms with E-state index in [0.29, 0.717) is 6.54 Å². The maximum atomic E-state index is 8.67. The van der Waals surface area contributed by atoms with Crippen LogP contribution in [0.4, 0.5) is 0 Å². The van der Waals surface area contributed by atoms with Crippen LogP contribution in [0.1, 0.15) is 5.56 Å². The van der Waals surface area contributed by atoms with Crippen molar-refractivity contribution in [1.29, 1.82) is 5.26 Å². The lowest BCUT2D eigenvalue weighted by molar-refractivity contribution is 0.137. The number of benzene rings is 1. The Labute approximate surface area is 108 Å². The van der Waals surface area contributed by atoms with Gasteiger partial charge in [0.05, 0.1) is 19.7 Å². The molecule has 1 heterocycles. The molecule has 1 saturated heterocycles. The highest BCUT2D eigenvalue weighted by Gasteiger charge is 2.17. The van der Waals surface area contributed by atoms with Crippen LogP contribution in [0, 0.1) is 11.3 Å². The molecule has 2 rings (SSSR count). The van der Waals surface area contributed by atoms with Crippen molar-refractivity contribution >= 4 is 0 Å². The van der Waals surface area contributed by atoms with Gasteiger partial charge < -0.3 is 4.74 Å². The number of rotatable bonds is 4. The number of hydrogen-bond donors (Lipinski definition) is 0. The molecule has 0 atom stereocenters. The summed E-state index contributed by atoms with van der Waals surface area (Å²) in [5.74, 6) is 0.956. The molecule has 1 aromatic rings. The maximum absolute atomic E-state index is 8.67. The number of ether oxygens (including phenoxy) is 1. The minimum Gasteiger partial charge on any atom is -0.496 e. The predicted octanol–water partition coefficient (Wildman–Crippen LogP) is 1.34. The molecular formula is C14H19N3O. The number of methoxy groups -OCH3 is 1. The quantitative estimate of drug-likeness (QED) is 0.750. The van der Waals surface area contributed by atoms with E-state index in [4.69, 9.17) is 10.00 Å². The third-order valence-corrected chi connectivity index (χ3v) is 3.35. The highest BCUT2D eigenvalue weighted by molar-refractivity contribution is 5.33. The van der Waals surface area contributed by atoms with Gasteiger partial charge in [0.15, 0.2) is 0 Å². The molecule has 0 spiro atoms. The summed E-state index contributed by atoms with van der Waals surface area (Å²) in [6, 6.07) is 10.4. The second-order valence-electron chi connectivity index (χ2n) is 4.52. The zero-order valence-electron chi connectivity index (χ0n) is 10.8. The molecule has 0 unspecified atom stereocenters. The Kier molecular flexibility index (Phi) is 4.57. The summed E-state index contributed by atoms with van der Waals surface area (Å²) in [5.41, 5.74) is 1.23. The van der Waals surface area contributed by atoms with Crippen molar-refractivity contribution in [2.45, 2.75) is 6.54 Å². The second kappa shape index (κ2) is 6.39. The lowest BCUT2D eigenvalue weighted by Gasteiger charge is -2.33. The van der Waals surface area contributed by atoms with Crippen molar-refractivity contribution in [3.63, 3.8) is 0 Å². The number of nitrogens with zero attached hydrogens (tertiary/aromatic N) is 3. The SMILES string of the molecule is COc1ccccc1CN1CCN(CC#N)CC1. The van der Waals surface area contributed by atoms with Gasteiger partial charge >= 0.3 is 0 Å². The monoisotopic (exact) mass is 245 g/mol. The molecule has 0 saturated carbocycles. The normalized spacial score (nSPS) is 17.3. The van der Waals surface area contributed by atoms with Gasteiger partial charge in [0, 0.05) is 38.3 Å². The van der Waals surface area contributed by atoms with Crippen LogP contribution in [0.2, 0.25) is 0 Å². The fourth-order valence-corrected chi connectivity index (χ4v) is 2.28. The van der Waals surface area contributed by atoms with E-state index in [9.17, 15) is 0 Å². The van der Waals surface area contributed by atoms with Crippen molar-refractivity contribution < 1.29 is 4.74 Å². The van der Waals surface area contributed by atoms with E-state index in [-0.39, 0.29) is 0 Å². The Hall–Kier alpha value is -1.57. The maximum Gasteiger partial charge on any atom is 0.123 e. The second-order valence-corrected chi connectivity index (χ2v) is 4.52. The van der Waals surface area contributed by atoms with Crippen LogP contribution in [0.3, 0.4) is 0 Å². The Morgan fingerprint density at radius 1 is 1.17 bits per heavy atom. The third-order valence-electron chi connectivity index (χ3n) is 3.35. The van der Waals surface area contributed by atoms with Crippen LogP contribution < -0.4 is 4.74 Å². The highest BCUT2D eigenvalue weighted by Crippen LogP contribution is 2.19. The van der Waals surface area contributed by atoms with Crippen LogP contribution in [-0.2, 0) is 6.54 Å². The molecule has 0 N–H and O–H groups in total. The van der Waals surface area contributed by atoms with Crippen molar-refractivity contribution in [3.8, 4) is 11.8 Å². The van der Waals surface area contributed by atoms with Gasteiger partial charge in [-0.25, -0.2) is 0 Å². The van der Waals surface area contributed by atoms with Crippen LogP contribution in [-0.4, -0.2) is 49.6 Å². The van der Waals surface area contributed by atoms with E-state index in [1.165, 1.54) is 5.56 Å². The number of nitriles is 1. The number of piperazine rings is 1. The number of para-hydroxylation sites is 1. The molecule has 0 amide bonds. The Morgan fingerprint density at radius 3 is 2.50 bits per heavy atom. The molecule has 1 aromatic carbocycles. The van der Waals surface area contributed by atoms with E-state index < -0.39 is 0 Å². The molecular weight excluding hydrogens is 226 g/mol. The topological polar surface area (TPSA) is 39.5 Å². The molecule has 1 fully saturated rings. The summed E-state index contributed by atoms with van der Waals surface area (Å²) < 4.78 is 5.37. The Balaban J connectivity index is 1.90. The first-order valence-electron chi connectivity index (χ1n) is 6.27. The van der Waals surface area contributed by atoms with Crippen molar-refractivity contribution in [3.05, 3.63) is 29.8 Å². The van der Waals surface area contributed by atoms with Gasteiger partial charge in [0.2, 0.25) is 0 Å². The summed E-state index contributed by atoms with van der Waals surface area (Å²) in [5, 5.41) is 8.67. The standard InChI is InChI=1S/C14H19N3O/c1-18-14-5-3-2-4-13(14)12-17-10-8-16(7-6-15)9-11-17/h2-5H,7-12H2,1H3. The minimum atomic E-state index is 0.544. The van der Waals surface area contributed by atoms with Crippen molar-refractivity contribution in [1.82, 2.24) is 9.80 Å². The van der Waals surface area contributed by atoms with E-state index in [2.05, 4.69) is 21.9 Å². The van der Waals surface area contributed by atoms with Gasteiger partial charge in [0.1, 0.15) is 5.75 Å². The van der Waals surface area contributed by atoms with Gasteiger partial charge in [-0.1, -0.05) is 18.2 Å². The molecule has 96 valence electrons. The zero-order chi connectivity index (χ0) is 12.8.